The van der Waals surface area contributed by atoms with Crippen molar-refractivity contribution in [3.8, 4) is 0 Å². The molecule has 0 amide bonds. The first-order chi connectivity index (χ1) is 37.2. The minimum Gasteiger partial charge on any atom is -0.469 e. The van der Waals surface area contributed by atoms with Gasteiger partial charge in [0.05, 0.1) is 57.1 Å². The van der Waals surface area contributed by atoms with E-state index < -0.39 is 194 Å². The Kier molecular flexibility index (Phi) is 17.6. The summed E-state index contributed by atoms with van der Waals surface area (Å²) in [5.74, 6) is -1.69. The van der Waals surface area contributed by atoms with Crippen LogP contribution in [0.15, 0.2) is 11.6 Å². The molecule has 0 unspecified atom stereocenters. The van der Waals surface area contributed by atoms with E-state index in [2.05, 4.69) is 26.8 Å². The van der Waals surface area contributed by atoms with E-state index in [9.17, 15) is 81.1 Å². The number of rotatable bonds is 13. The third kappa shape index (κ3) is 9.85. The molecule has 4 aliphatic heterocycles. The molecule has 8 fully saturated rings. The topological polar surface area (TPSA) is 400 Å². The molecule has 0 bridgehead atoms. The Morgan fingerprint density at radius 3 is 1.76 bits per heavy atom. The number of carbonyl (C=O) groups excluding carboxylic acids is 2. The van der Waals surface area contributed by atoms with Crippen molar-refractivity contribution >= 4 is 11.9 Å². The summed E-state index contributed by atoms with van der Waals surface area (Å²) in [6, 6.07) is 0. The second-order valence-electron chi connectivity index (χ2n) is 25.6. The highest BCUT2D eigenvalue weighted by atomic mass is 16.8. The molecule has 0 radical (unpaired) electrons. The highest BCUT2D eigenvalue weighted by molar-refractivity contribution is 5.81. The average molecular weight is 1140 g/mol. The summed E-state index contributed by atoms with van der Waals surface area (Å²) >= 11 is 0. The smallest absolute Gasteiger partial charge is 0.315 e. The van der Waals surface area contributed by atoms with Gasteiger partial charge in [-0.1, -0.05) is 39.3 Å². The number of ether oxygens (including phenoxy) is 9. The number of fused-ring (bicyclic) bond motifs is 7. The molecule has 29 atom stereocenters. The molecule has 4 saturated carbocycles. The zero-order valence-electron chi connectivity index (χ0n) is 45.7. The van der Waals surface area contributed by atoms with Gasteiger partial charge in [0.2, 0.25) is 6.29 Å². The number of hydrogen-bond acceptors (Lipinski definition) is 25. The quantitative estimate of drug-likeness (QED) is 0.0489. The molecule has 14 N–H and O–H groups in total. The van der Waals surface area contributed by atoms with Crippen LogP contribution < -0.4 is 0 Å². The van der Waals surface area contributed by atoms with E-state index in [4.69, 9.17) is 42.6 Å². The van der Waals surface area contributed by atoms with Crippen molar-refractivity contribution in [1.82, 2.24) is 0 Å². The molecule has 5 aliphatic carbocycles. The maximum atomic E-state index is 14.9. The summed E-state index contributed by atoms with van der Waals surface area (Å²) in [6.07, 6.45) is -25.9. The normalized spacial score (nSPS) is 53.8. The highest BCUT2D eigenvalue weighted by Gasteiger charge is 2.71. The molecule has 9 aliphatic rings. The first kappa shape index (κ1) is 61.4. The molecule has 79 heavy (non-hydrogen) atoms. The summed E-state index contributed by atoms with van der Waals surface area (Å²) in [5.41, 5.74) is -3.32. The molecule has 25 nitrogen and oxygen atoms in total. The Hall–Kier alpha value is -2.16. The fourth-order valence-corrected chi connectivity index (χ4v) is 16.5. The van der Waals surface area contributed by atoms with E-state index in [1.165, 1.54) is 7.11 Å². The minimum atomic E-state index is -1.94. The van der Waals surface area contributed by atoms with E-state index in [0.29, 0.717) is 51.4 Å². The standard InChI is InChI=1S/C54H86O25/c1-49(47(69)71-6)13-15-54(48(70)79-45-39(67)36(64)33(61)27(19-56)74-45)16-14-52(4)23(24(54)17-49)7-8-30-50(2)11-10-31(51(3,22-58)29(50)9-12-53(30,52)5)76-43-40(68)41(25(59)21-72-43)77-46-42(37(65)34(62)28(20-57)75-46)78-44-38(66)35(63)32(60)26(18-55)73-44/h7,24-46,55-68H,8-22H2,1-6H3/t24-,25-,26+,27-,28+,29+,30+,31-,32+,33-,34+,35-,36+,37-,38+,39-,40+,41-,42+,43-,44-,45+,46-,49+,50-,51-,52+,53+,54-/m0/s1. The Bertz CT molecular complexity index is 2200. The van der Waals surface area contributed by atoms with Gasteiger partial charge in [0, 0.05) is 5.41 Å². The van der Waals surface area contributed by atoms with Crippen molar-refractivity contribution in [2.45, 2.75) is 222 Å². The Labute approximate surface area is 458 Å². The van der Waals surface area contributed by atoms with Gasteiger partial charge in [-0.05, 0) is 105 Å². The molecule has 25 heteroatoms. The van der Waals surface area contributed by atoms with Crippen LogP contribution in [0.1, 0.15) is 98.8 Å². The zero-order chi connectivity index (χ0) is 57.7. The third-order valence-corrected chi connectivity index (χ3v) is 21.6. The van der Waals surface area contributed by atoms with Crippen LogP contribution in [0.4, 0.5) is 0 Å². The lowest BCUT2D eigenvalue weighted by Gasteiger charge is -2.71. The van der Waals surface area contributed by atoms with Crippen molar-refractivity contribution in [1.29, 1.82) is 0 Å². The summed E-state index contributed by atoms with van der Waals surface area (Å²) in [4.78, 5) is 28.4. The van der Waals surface area contributed by atoms with Crippen LogP contribution in [0.2, 0.25) is 0 Å². The summed E-state index contributed by atoms with van der Waals surface area (Å²) in [5, 5.41) is 150. The molecule has 0 spiro atoms. The predicted molar refractivity (Wildman–Crippen MR) is 265 cm³/mol. The average Bonchev–Trinajstić information content (AvgIpc) is 3.45. The maximum absolute atomic E-state index is 14.9. The third-order valence-electron chi connectivity index (χ3n) is 21.6. The van der Waals surface area contributed by atoms with Gasteiger partial charge in [-0.25, -0.2) is 0 Å². The number of aliphatic hydroxyl groups excluding tert-OH is 14. The maximum Gasteiger partial charge on any atom is 0.315 e. The minimum absolute atomic E-state index is 0.0400. The van der Waals surface area contributed by atoms with Crippen molar-refractivity contribution < 1.29 is 124 Å². The van der Waals surface area contributed by atoms with Crippen molar-refractivity contribution in [2.24, 2.45) is 50.2 Å². The second-order valence-corrected chi connectivity index (χ2v) is 25.6. The molecule has 0 aromatic carbocycles. The van der Waals surface area contributed by atoms with Crippen molar-refractivity contribution in [3.05, 3.63) is 11.6 Å². The summed E-state index contributed by atoms with van der Waals surface area (Å²) < 4.78 is 52.8. The molecule has 0 aromatic heterocycles. The fourth-order valence-electron chi connectivity index (χ4n) is 16.5. The lowest BCUT2D eigenvalue weighted by Crippen LogP contribution is -2.67. The van der Waals surface area contributed by atoms with Crippen LogP contribution in [-0.4, -0.2) is 246 Å². The van der Waals surface area contributed by atoms with Gasteiger partial charge in [0.25, 0.3) is 0 Å². The molecule has 4 saturated heterocycles. The number of allylic oxidation sites excluding steroid dienone is 2. The molecular formula is C54H86O25. The number of methoxy groups -OCH3 is 1. The Morgan fingerprint density at radius 2 is 1.15 bits per heavy atom. The highest BCUT2D eigenvalue weighted by Crippen LogP contribution is 2.76. The molecule has 9 rings (SSSR count). The first-order valence-electron chi connectivity index (χ1n) is 28.0. The van der Waals surface area contributed by atoms with Crippen LogP contribution in [0, 0.1) is 50.2 Å². The van der Waals surface area contributed by atoms with Gasteiger partial charge in [0.15, 0.2) is 18.9 Å². The SMILES string of the molecule is COC(=O)[C@]1(C)CC[C@]2(C(=O)O[C@H]3O[C@@H](CO)[C@H](O)[C@@H](O)[C@@H]3O)CC[C@]3(C)C(=CC[C@@H]4[C@@]5(C)CC[C@H](O[C@@H]6OC[C@H](O)[C@H](O[C@@H]7O[C@H](CO)[C@@H](O)[C@H](O)[C@H]7O[C@@H]7O[C@H](CO)[C@@H](O)[C@H](O)[C@H]7O)[C@H]6O)[C@@](C)(CO)[C@@H]5CC[C@]43C)[C@@H]2C1. The monoisotopic (exact) mass is 1130 g/mol. The van der Waals surface area contributed by atoms with E-state index in [0.717, 1.165) is 5.57 Å². The molecule has 452 valence electrons. The van der Waals surface area contributed by atoms with Gasteiger partial charge in [-0.15, -0.1) is 0 Å². The number of hydrogen-bond donors (Lipinski definition) is 14. The number of aliphatic hydroxyl groups is 14. The summed E-state index contributed by atoms with van der Waals surface area (Å²) in [6.45, 7) is 7.54. The molecule has 4 heterocycles. The van der Waals surface area contributed by atoms with Gasteiger partial charge < -0.3 is 114 Å². The fraction of sp³-hybridized carbons (Fsp3) is 0.926. The van der Waals surface area contributed by atoms with Crippen LogP contribution in [0.25, 0.3) is 0 Å². The largest absolute Gasteiger partial charge is 0.469 e. The number of esters is 2. The van der Waals surface area contributed by atoms with E-state index in [1.807, 2.05) is 13.8 Å². The predicted octanol–water partition coefficient (Wildman–Crippen LogP) is -3.27. The molecular weight excluding hydrogens is 1050 g/mol. The lowest BCUT2D eigenvalue weighted by molar-refractivity contribution is -0.387. The van der Waals surface area contributed by atoms with Crippen LogP contribution in [-0.2, 0) is 52.2 Å². The van der Waals surface area contributed by atoms with Crippen LogP contribution in [0.3, 0.4) is 0 Å². The Morgan fingerprint density at radius 1 is 0.582 bits per heavy atom. The molecule has 0 aromatic rings. The van der Waals surface area contributed by atoms with Crippen molar-refractivity contribution in [3.63, 3.8) is 0 Å². The number of carbonyl (C=O) groups is 2. The summed E-state index contributed by atoms with van der Waals surface area (Å²) in [7, 11) is 1.34. The van der Waals surface area contributed by atoms with Crippen LogP contribution in [0.5, 0.6) is 0 Å². The van der Waals surface area contributed by atoms with E-state index >= 15 is 0 Å². The van der Waals surface area contributed by atoms with Gasteiger partial charge in [-0.2, -0.15) is 0 Å². The van der Waals surface area contributed by atoms with Crippen molar-refractivity contribution in [2.75, 3.05) is 40.1 Å². The zero-order valence-corrected chi connectivity index (χ0v) is 45.7. The lowest BCUT2D eigenvalue weighted by atomic mass is 9.33. The van der Waals surface area contributed by atoms with E-state index in [1.54, 1.807) is 0 Å². The van der Waals surface area contributed by atoms with Gasteiger partial charge in [-0.3, -0.25) is 9.59 Å². The Balaban J connectivity index is 0.945. The van der Waals surface area contributed by atoms with Gasteiger partial charge in [0.1, 0.15) is 91.6 Å². The first-order valence-corrected chi connectivity index (χ1v) is 28.0. The van der Waals surface area contributed by atoms with E-state index in [-0.39, 0.29) is 36.7 Å². The van der Waals surface area contributed by atoms with Crippen LogP contribution >= 0.6 is 0 Å². The van der Waals surface area contributed by atoms with Gasteiger partial charge >= 0.3 is 11.9 Å². The second kappa shape index (κ2) is 22.7.